The van der Waals surface area contributed by atoms with Crippen LogP contribution in [0.3, 0.4) is 0 Å². The normalized spacial score (nSPS) is 22.9. The van der Waals surface area contributed by atoms with Gasteiger partial charge in [-0.05, 0) is 51.7 Å². The van der Waals surface area contributed by atoms with Crippen LogP contribution >= 0.6 is 0 Å². The number of nitrogens with zero attached hydrogens (tertiary/aromatic N) is 3. The van der Waals surface area contributed by atoms with Crippen molar-refractivity contribution < 1.29 is 18.4 Å². The van der Waals surface area contributed by atoms with E-state index >= 15 is 0 Å². The molecule has 31 heavy (non-hydrogen) atoms. The molecule has 2 heterocycles. The lowest BCUT2D eigenvalue weighted by atomic mass is 9.72. The summed E-state index contributed by atoms with van der Waals surface area (Å²) < 4.78 is 28.6. The zero-order valence-corrected chi connectivity index (χ0v) is 18.7. The van der Waals surface area contributed by atoms with E-state index in [-0.39, 0.29) is 18.3 Å². The van der Waals surface area contributed by atoms with Gasteiger partial charge < -0.3 is 20.4 Å². The number of likely N-dealkylation sites (tertiary alicyclic amines) is 2. The SMILES string of the molecule is CCCN1CCC2(CC1)CN(C(=O)N[C@@H](CC(F)(F)CCC)C(=O)NC1(C#N)CC1)C2. The Morgan fingerprint density at radius 2 is 1.77 bits per heavy atom. The van der Waals surface area contributed by atoms with Gasteiger partial charge in [0, 0.05) is 31.3 Å². The molecule has 1 saturated carbocycles. The van der Waals surface area contributed by atoms with E-state index in [0.717, 1.165) is 38.9 Å². The fourth-order valence-electron chi connectivity index (χ4n) is 4.72. The minimum atomic E-state index is -3.06. The molecule has 3 rings (SSSR count). The van der Waals surface area contributed by atoms with Crippen LogP contribution in [0.4, 0.5) is 13.6 Å². The van der Waals surface area contributed by atoms with Gasteiger partial charge in [-0.1, -0.05) is 20.3 Å². The summed E-state index contributed by atoms with van der Waals surface area (Å²) in [6.07, 6.45) is 3.36. The number of hydrogen-bond donors (Lipinski definition) is 2. The van der Waals surface area contributed by atoms with Crippen molar-refractivity contribution in [2.75, 3.05) is 32.7 Å². The molecule has 3 amide bonds. The summed E-state index contributed by atoms with van der Waals surface area (Å²) >= 11 is 0. The number of nitrogens with one attached hydrogen (secondary N) is 2. The van der Waals surface area contributed by atoms with Crippen LogP contribution in [0.15, 0.2) is 0 Å². The highest BCUT2D eigenvalue weighted by atomic mass is 19.3. The molecule has 0 aromatic carbocycles. The summed E-state index contributed by atoms with van der Waals surface area (Å²) in [4.78, 5) is 29.5. The third-order valence-corrected chi connectivity index (χ3v) is 6.86. The second-order valence-electron chi connectivity index (χ2n) is 9.69. The van der Waals surface area contributed by atoms with E-state index in [9.17, 15) is 23.6 Å². The number of rotatable bonds is 9. The molecular weight excluding hydrogens is 404 g/mol. The number of amides is 3. The number of urea groups is 1. The van der Waals surface area contributed by atoms with Crippen LogP contribution in [0.1, 0.15) is 65.2 Å². The van der Waals surface area contributed by atoms with Crippen molar-refractivity contribution in [3.8, 4) is 6.07 Å². The van der Waals surface area contributed by atoms with Gasteiger partial charge in [0.15, 0.2) is 0 Å². The maximum atomic E-state index is 14.3. The first-order valence-corrected chi connectivity index (χ1v) is 11.5. The second-order valence-corrected chi connectivity index (χ2v) is 9.69. The van der Waals surface area contributed by atoms with Crippen molar-refractivity contribution in [1.82, 2.24) is 20.4 Å². The molecule has 0 aromatic heterocycles. The average molecular weight is 440 g/mol. The first kappa shape index (κ1) is 23.7. The summed E-state index contributed by atoms with van der Waals surface area (Å²) in [7, 11) is 0. The van der Waals surface area contributed by atoms with Crippen LogP contribution in [0.5, 0.6) is 0 Å². The third-order valence-electron chi connectivity index (χ3n) is 6.86. The van der Waals surface area contributed by atoms with Gasteiger partial charge >= 0.3 is 6.03 Å². The third kappa shape index (κ3) is 5.85. The second kappa shape index (κ2) is 9.27. The van der Waals surface area contributed by atoms with Gasteiger partial charge in [-0.15, -0.1) is 0 Å². The largest absolute Gasteiger partial charge is 0.336 e. The molecule has 3 aliphatic rings. The van der Waals surface area contributed by atoms with Gasteiger partial charge in [-0.2, -0.15) is 5.26 Å². The maximum absolute atomic E-state index is 14.3. The van der Waals surface area contributed by atoms with Gasteiger partial charge in [0.25, 0.3) is 5.92 Å². The maximum Gasteiger partial charge on any atom is 0.318 e. The average Bonchev–Trinajstić information content (AvgIpc) is 3.46. The number of piperidine rings is 1. The quantitative estimate of drug-likeness (QED) is 0.578. The number of carbonyl (C=O) groups excluding carboxylic acids is 2. The number of hydrogen-bond acceptors (Lipinski definition) is 4. The molecule has 1 spiro atoms. The zero-order valence-electron chi connectivity index (χ0n) is 18.7. The number of carbonyl (C=O) groups is 2. The van der Waals surface area contributed by atoms with Crippen molar-refractivity contribution >= 4 is 11.9 Å². The Morgan fingerprint density at radius 1 is 1.13 bits per heavy atom. The Balaban J connectivity index is 1.56. The molecule has 174 valence electrons. The monoisotopic (exact) mass is 439 g/mol. The van der Waals surface area contributed by atoms with E-state index in [0.29, 0.717) is 25.9 Å². The Hall–Kier alpha value is -1.95. The van der Waals surface area contributed by atoms with Crippen molar-refractivity contribution in [3.05, 3.63) is 0 Å². The van der Waals surface area contributed by atoms with Gasteiger partial charge in [0.1, 0.15) is 11.6 Å². The van der Waals surface area contributed by atoms with Crippen LogP contribution in [0, 0.1) is 16.7 Å². The summed E-state index contributed by atoms with van der Waals surface area (Å²) in [5.74, 6) is -3.76. The number of halogens is 2. The lowest BCUT2D eigenvalue weighted by molar-refractivity contribution is -0.126. The standard InChI is InChI=1S/C22H35F2N5O2/c1-3-5-22(23,24)13-17(18(30)27-21(14-25)6-7-21)26-19(31)29-15-20(16-29)8-11-28(10-4-2)12-9-20/h17H,3-13,15-16H2,1-2H3,(H,26,31)(H,27,30)/t17-/m0/s1. The summed E-state index contributed by atoms with van der Waals surface area (Å²) in [5, 5.41) is 14.3. The number of alkyl halides is 2. The topological polar surface area (TPSA) is 88.5 Å². The summed E-state index contributed by atoms with van der Waals surface area (Å²) in [6, 6.07) is 0.195. The van der Waals surface area contributed by atoms with E-state index in [4.69, 9.17) is 0 Å². The zero-order chi connectivity index (χ0) is 22.7. The van der Waals surface area contributed by atoms with Crippen LogP contribution in [-0.4, -0.2) is 72.0 Å². The van der Waals surface area contributed by atoms with Crippen molar-refractivity contribution in [1.29, 1.82) is 5.26 Å². The smallest absolute Gasteiger partial charge is 0.318 e. The molecule has 1 aliphatic carbocycles. The summed E-state index contributed by atoms with van der Waals surface area (Å²) in [5.41, 5.74) is -0.849. The molecule has 3 fully saturated rings. The molecule has 0 radical (unpaired) electrons. The van der Waals surface area contributed by atoms with Crippen molar-refractivity contribution in [2.45, 2.75) is 82.7 Å². The molecule has 0 bridgehead atoms. The summed E-state index contributed by atoms with van der Waals surface area (Å²) in [6.45, 7) is 8.15. The highest BCUT2D eigenvalue weighted by molar-refractivity contribution is 5.88. The predicted octanol–water partition coefficient (Wildman–Crippen LogP) is 2.87. The molecule has 2 saturated heterocycles. The van der Waals surface area contributed by atoms with Crippen LogP contribution < -0.4 is 10.6 Å². The predicted molar refractivity (Wildman–Crippen MR) is 112 cm³/mol. The first-order valence-electron chi connectivity index (χ1n) is 11.5. The van der Waals surface area contributed by atoms with E-state index < -0.39 is 35.9 Å². The molecule has 1 atom stereocenters. The molecule has 9 heteroatoms. The Morgan fingerprint density at radius 3 is 2.29 bits per heavy atom. The van der Waals surface area contributed by atoms with Crippen LogP contribution in [0.2, 0.25) is 0 Å². The van der Waals surface area contributed by atoms with Gasteiger partial charge in [0.2, 0.25) is 5.91 Å². The Bertz CT molecular complexity index is 703. The molecular formula is C22H35F2N5O2. The lowest BCUT2D eigenvalue weighted by Gasteiger charge is -2.54. The molecule has 0 aromatic rings. The lowest BCUT2D eigenvalue weighted by Crippen LogP contribution is -2.65. The van der Waals surface area contributed by atoms with E-state index in [1.54, 1.807) is 11.8 Å². The van der Waals surface area contributed by atoms with E-state index in [1.165, 1.54) is 0 Å². The van der Waals surface area contributed by atoms with Crippen LogP contribution in [0.25, 0.3) is 0 Å². The van der Waals surface area contributed by atoms with E-state index in [1.807, 2.05) is 6.07 Å². The molecule has 0 unspecified atom stereocenters. The fraction of sp³-hybridized carbons (Fsp3) is 0.864. The molecule has 2 N–H and O–H groups in total. The highest BCUT2D eigenvalue weighted by Gasteiger charge is 2.49. The van der Waals surface area contributed by atoms with Crippen LogP contribution in [-0.2, 0) is 4.79 Å². The van der Waals surface area contributed by atoms with Gasteiger partial charge in [-0.3, -0.25) is 4.79 Å². The minimum Gasteiger partial charge on any atom is -0.336 e. The fourth-order valence-corrected chi connectivity index (χ4v) is 4.72. The molecule has 2 aliphatic heterocycles. The van der Waals surface area contributed by atoms with Crippen molar-refractivity contribution in [3.63, 3.8) is 0 Å². The van der Waals surface area contributed by atoms with Crippen molar-refractivity contribution in [2.24, 2.45) is 5.41 Å². The first-order chi connectivity index (χ1) is 14.7. The van der Waals surface area contributed by atoms with Gasteiger partial charge in [0.05, 0.1) is 6.07 Å². The number of nitriles is 1. The Labute approximate surface area is 183 Å². The Kier molecular flexibility index (Phi) is 7.09. The van der Waals surface area contributed by atoms with E-state index in [2.05, 4.69) is 22.5 Å². The molecule has 7 nitrogen and oxygen atoms in total. The highest BCUT2D eigenvalue weighted by Crippen LogP contribution is 2.40. The minimum absolute atomic E-state index is 0.115. The van der Waals surface area contributed by atoms with Gasteiger partial charge in [-0.25, -0.2) is 13.6 Å².